The number of hydrogen-bond donors (Lipinski definition) is 6. The maximum Gasteiger partial charge on any atom is 0.242 e. The van der Waals surface area contributed by atoms with Crippen LogP contribution in [0, 0.1) is 5.41 Å². The van der Waals surface area contributed by atoms with E-state index >= 15 is 0 Å². The monoisotopic (exact) mass is 453 g/mol. The smallest absolute Gasteiger partial charge is 0.242 e. The van der Waals surface area contributed by atoms with E-state index in [4.69, 9.17) is 11.1 Å². The van der Waals surface area contributed by atoms with Crippen LogP contribution in [0.25, 0.3) is 0 Å². The van der Waals surface area contributed by atoms with Crippen LogP contribution in [0.2, 0.25) is 0 Å². The van der Waals surface area contributed by atoms with E-state index in [1.165, 1.54) is 5.56 Å². The molecule has 0 aromatic heterocycles. The van der Waals surface area contributed by atoms with Gasteiger partial charge >= 0.3 is 0 Å². The molecule has 0 saturated carbocycles. The molecule has 0 fully saturated rings. The van der Waals surface area contributed by atoms with Crippen LogP contribution >= 0.6 is 0 Å². The van der Waals surface area contributed by atoms with Gasteiger partial charge in [-0.05, 0) is 55.4 Å². The molecule has 7 N–H and O–H groups in total. The molecule has 8 heteroatoms. The topological polar surface area (TPSA) is 140 Å². The molecule has 0 unspecified atom stereocenters. The van der Waals surface area contributed by atoms with Gasteiger partial charge in [0.15, 0.2) is 5.96 Å². The molecule has 0 spiro atoms. The minimum atomic E-state index is -0.660. The van der Waals surface area contributed by atoms with E-state index in [2.05, 4.69) is 28.1 Å². The second kappa shape index (κ2) is 14.5. The fourth-order valence-corrected chi connectivity index (χ4v) is 3.43. The molecular formula is C25H35N5O3. The fourth-order valence-electron chi connectivity index (χ4n) is 3.43. The summed E-state index contributed by atoms with van der Waals surface area (Å²) in [5.74, 6) is -0.359. The Hall–Kier alpha value is -3.55. The van der Waals surface area contributed by atoms with Crippen molar-refractivity contribution in [2.45, 2.75) is 57.5 Å². The Kier molecular flexibility index (Phi) is 11.3. The van der Waals surface area contributed by atoms with Crippen molar-refractivity contribution in [3.63, 3.8) is 0 Å². The Balaban J connectivity index is 1.77. The summed E-state index contributed by atoms with van der Waals surface area (Å²) in [6.45, 7) is 0.753. The van der Waals surface area contributed by atoms with Crippen LogP contribution < -0.4 is 21.7 Å². The number of nitrogens with one attached hydrogen (secondary N) is 4. The van der Waals surface area contributed by atoms with Gasteiger partial charge in [-0.15, -0.1) is 0 Å². The summed E-state index contributed by atoms with van der Waals surface area (Å²) in [7, 11) is 0. The lowest BCUT2D eigenvalue weighted by Crippen LogP contribution is -2.47. The lowest BCUT2D eigenvalue weighted by Gasteiger charge is -2.19. The number of amides is 2. The molecular weight excluding hydrogens is 418 g/mol. The number of nitrogens with two attached hydrogens (primary N) is 1. The molecule has 178 valence electrons. The molecule has 0 heterocycles. The maximum atomic E-state index is 12.7. The number of aryl methyl sites for hydroxylation is 1. The lowest BCUT2D eigenvalue weighted by molar-refractivity contribution is -0.129. The van der Waals surface area contributed by atoms with Crippen molar-refractivity contribution in [2.75, 3.05) is 6.54 Å². The van der Waals surface area contributed by atoms with E-state index in [1.807, 2.05) is 18.2 Å². The molecule has 2 aromatic carbocycles. The summed E-state index contributed by atoms with van der Waals surface area (Å²) >= 11 is 0. The Morgan fingerprint density at radius 1 is 0.909 bits per heavy atom. The van der Waals surface area contributed by atoms with Gasteiger partial charge in [0, 0.05) is 19.5 Å². The van der Waals surface area contributed by atoms with Crippen LogP contribution in [0.5, 0.6) is 5.75 Å². The molecule has 2 amide bonds. The number of unbranched alkanes of at least 4 members (excludes halogenated alkanes) is 2. The van der Waals surface area contributed by atoms with Crippen molar-refractivity contribution in [1.82, 2.24) is 16.0 Å². The van der Waals surface area contributed by atoms with E-state index in [9.17, 15) is 14.7 Å². The number of carbonyl (C=O) groups excluding carboxylic acids is 2. The highest BCUT2D eigenvalue weighted by Crippen LogP contribution is 2.10. The molecule has 2 aromatic rings. The summed E-state index contributed by atoms with van der Waals surface area (Å²) < 4.78 is 0. The van der Waals surface area contributed by atoms with E-state index in [-0.39, 0.29) is 23.5 Å². The third-order valence-corrected chi connectivity index (χ3v) is 5.25. The minimum absolute atomic E-state index is 0.122. The Morgan fingerprint density at radius 3 is 2.33 bits per heavy atom. The summed E-state index contributed by atoms with van der Waals surface area (Å²) in [6, 6.07) is 16.2. The number of hydrogen-bond acceptors (Lipinski definition) is 4. The predicted molar refractivity (Wildman–Crippen MR) is 130 cm³/mol. The highest BCUT2D eigenvalue weighted by atomic mass is 16.3. The van der Waals surface area contributed by atoms with Gasteiger partial charge in [0.05, 0.1) is 0 Å². The van der Waals surface area contributed by atoms with Crippen LogP contribution in [-0.4, -0.2) is 35.5 Å². The average molecular weight is 454 g/mol. The minimum Gasteiger partial charge on any atom is -0.508 e. The van der Waals surface area contributed by atoms with Gasteiger partial charge in [0.1, 0.15) is 11.8 Å². The zero-order chi connectivity index (χ0) is 23.9. The molecule has 0 saturated heterocycles. The van der Waals surface area contributed by atoms with Crippen molar-refractivity contribution in [1.29, 1.82) is 5.41 Å². The van der Waals surface area contributed by atoms with Crippen LogP contribution in [-0.2, 0) is 22.6 Å². The van der Waals surface area contributed by atoms with Crippen molar-refractivity contribution >= 4 is 17.8 Å². The Morgan fingerprint density at radius 2 is 1.64 bits per heavy atom. The highest BCUT2D eigenvalue weighted by molar-refractivity contribution is 5.87. The molecule has 0 aliphatic rings. The maximum absolute atomic E-state index is 12.7. The third kappa shape index (κ3) is 11.0. The number of phenols is 1. The summed E-state index contributed by atoms with van der Waals surface area (Å²) in [5, 5.41) is 25.0. The normalized spacial score (nSPS) is 11.4. The van der Waals surface area contributed by atoms with Crippen molar-refractivity contribution in [3.05, 3.63) is 65.7 Å². The number of phenolic OH excluding ortho intramolecular Hbond substituents is 1. The van der Waals surface area contributed by atoms with Crippen LogP contribution in [0.3, 0.4) is 0 Å². The van der Waals surface area contributed by atoms with Gasteiger partial charge in [-0.2, -0.15) is 0 Å². The number of rotatable bonds is 14. The van der Waals surface area contributed by atoms with Crippen molar-refractivity contribution in [2.24, 2.45) is 5.73 Å². The number of aromatic hydroxyl groups is 1. The van der Waals surface area contributed by atoms with Crippen molar-refractivity contribution in [3.8, 4) is 5.75 Å². The number of guanidine groups is 1. The zero-order valence-corrected chi connectivity index (χ0v) is 19.0. The van der Waals surface area contributed by atoms with Gasteiger partial charge in [-0.3, -0.25) is 15.0 Å². The summed E-state index contributed by atoms with van der Waals surface area (Å²) in [6.07, 6.45) is 5.12. The van der Waals surface area contributed by atoms with Gasteiger partial charge in [-0.1, -0.05) is 48.9 Å². The molecule has 8 nitrogen and oxygen atoms in total. The molecule has 0 radical (unpaired) electrons. The largest absolute Gasteiger partial charge is 0.508 e. The van der Waals surface area contributed by atoms with E-state index in [0.29, 0.717) is 32.4 Å². The van der Waals surface area contributed by atoms with Crippen LogP contribution in [0.15, 0.2) is 54.6 Å². The first-order valence-electron chi connectivity index (χ1n) is 11.4. The van der Waals surface area contributed by atoms with E-state index in [0.717, 1.165) is 31.2 Å². The Labute approximate surface area is 195 Å². The second-order valence-electron chi connectivity index (χ2n) is 8.03. The first-order chi connectivity index (χ1) is 15.9. The van der Waals surface area contributed by atoms with Crippen LogP contribution in [0.4, 0.5) is 0 Å². The van der Waals surface area contributed by atoms with E-state index in [1.54, 1.807) is 24.3 Å². The average Bonchev–Trinajstić information content (AvgIpc) is 2.80. The summed E-state index contributed by atoms with van der Waals surface area (Å²) in [4.78, 5) is 25.2. The fraction of sp³-hybridized carbons (Fsp3) is 0.400. The predicted octanol–water partition coefficient (Wildman–Crippen LogP) is 2.56. The standard InChI is InChI=1S/C25H35N5O3/c26-25(27)28-17-7-11-22(24(33)29-18-20-13-15-21(31)16-14-20)30-23(32)12-6-2-5-10-19-8-3-1-4-9-19/h1,3-4,8-9,13-16,22,31H,2,5-7,10-12,17-18H2,(H,29,33)(H,30,32)(H4,26,27,28)/t22-/m1/s1. The summed E-state index contributed by atoms with van der Waals surface area (Å²) in [5.41, 5.74) is 7.44. The zero-order valence-electron chi connectivity index (χ0n) is 19.0. The second-order valence-corrected chi connectivity index (χ2v) is 8.03. The first-order valence-corrected chi connectivity index (χ1v) is 11.4. The molecule has 0 aliphatic carbocycles. The molecule has 1 atom stereocenters. The molecule has 0 aliphatic heterocycles. The van der Waals surface area contributed by atoms with Gasteiger partial charge < -0.3 is 26.8 Å². The molecule has 33 heavy (non-hydrogen) atoms. The quantitative estimate of drug-likeness (QED) is 0.148. The molecule has 0 bridgehead atoms. The van der Waals surface area contributed by atoms with Gasteiger partial charge in [-0.25, -0.2) is 0 Å². The van der Waals surface area contributed by atoms with Crippen molar-refractivity contribution < 1.29 is 14.7 Å². The SMILES string of the molecule is N=C(N)NCCC[C@@H](NC(=O)CCCCCc1ccccc1)C(=O)NCc1ccc(O)cc1. The lowest BCUT2D eigenvalue weighted by atomic mass is 10.1. The third-order valence-electron chi connectivity index (χ3n) is 5.25. The van der Waals surface area contributed by atoms with Gasteiger partial charge in [0.25, 0.3) is 0 Å². The number of benzene rings is 2. The van der Waals surface area contributed by atoms with Gasteiger partial charge in [0.2, 0.25) is 11.8 Å². The number of carbonyl (C=O) groups is 2. The van der Waals surface area contributed by atoms with E-state index < -0.39 is 6.04 Å². The Bertz CT molecular complexity index is 871. The first kappa shape index (κ1) is 25.7. The van der Waals surface area contributed by atoms with Crippen LogP contribution in [0.1, 0.15) is 49.7 Å². The molecule has 2 rings (SSSR count). The highest BCUT2D eigenvalue weighted by Gasteiger charge is 2.20.